The lowest BCUT2D eigenvalue weighted by atomic mass is 9.43. The fourth-order valence-electron chi connectivity index (χ4n) is 9.62. The topological polar surface area (TPSA) is 20.3 Å². The quantitative estimate of drug-likeness (QED) is 0.667. The van der Waals surface area contributed by atoms with E-state index in [2.05, 4.69) is 39.8 Å². The van der Waals surface area contributed by atoms with Gasteiger partial charge >= 0.3 is 0 Å². The summed E-state index contributed by atoms with van der Waals surface area (Å²) in [5.74, 6) is 3.08. The predicted molar refractivity (Wildman–Crippen MR) is 106 cm³/mol. The van der Waals surface area contributed by atoms with Crippen LogP contribution in [0.4, 0.5) is 0 Å². The molecule has 0 aliphatic heterocycles. The molecule has 5 saturated carbocycles. The van der Waals surface area contributed by atoms with Gasteiger partial charge < -0.3 is 4.90 Å². The summed E-state index contributed by atoms with van der Waals surface area (Å²) in [6.45, 7) is 7.83. The van der Waals surface area contributed by atoms with E-state index in [1.165, 1.54) is 51.4 Å². The summed E-state index contributed by atoms with van der Waals surface area (Å²) < 4.78 is 0. The van der Waals surface area contributed by atoms with Gasteiger partial charge in [0, 0.05) is 18.9 Å². The average molecular weight is 358 g/mol. The van der Waals surface area contributed by atoms with Gasteiger partial charge in [-0.1, -0.05) is 13.8 Å². The molecule has 5 rings (SSSR count). The van der Waals surface area contributed by atoms with E-state index in [9.17, 15) is 4.79 Å². The van der Waals surface area contributed by atoms with E-state index in [0.29, 0.717) is 33.5 Å². The van der Waals surface area contributed by atoms with Crippen LogP contribution < -0.4 is 0 Å². The van der Waals surface area contributed by atoms with Crippen molar-refractivity contribution in [2.24, 2.45) is 39.4 Å². The number of Topliss-reactive ketones (excluding diaryl/α,β-unsaturated/α-hetero) is 1. The third-order valence-electron chi connectivity index (χ3n) is 11.4. The summed E-state index contributed by atoms with van der Waals surface area (Å²) in [7, 11) is 4.54. The fraction of sp³-hybridized carbons (Fsp3) is 0.958. The van der Waals surface area contributed by atoms with Gasteiger partial charge in [0.2, 0.25) is 0 Å². The highest BCUT2D eigenvalue weighted by atomic mass is 16.1. The Labute approximate surface area is 160 Å². The molecule has 0 bridgehead atoms. The first-order valence-electron chi connectivity index (χ1n) is 11.4. The summed E-state index contributed by atoms with van der Waals surface area (Å²) in [4.78, 5) is 14.6. The molecule has 5 fully saturated rings. The van der Waals surface area contributed by atoms with Crippen molar-refractivity contribution in [3.63, 3.8) is 0 Å². The van der Waals surface area contributed by atoms with Crippen LogP contribution in [0.25, 0.3) is 0 Å². The highest BCUT2D eigenvalue weighted by Crippen LogP contribution is 2.87. The van der Waals surface area contributed by atoms with Crippen LogP contribution in [-0.4, -0.2) is 30.8 Å². The normalized spacial score (nSPS) is 56.4. The average Bonchev–Trinajstić information content (AvgIpc) is 3.18. The Balaban J connectivity index is 1.49. The Morgan fingerprint density at radius 3 is 2.46 bits per heavy atom. The number of carbonyl (C=O) groups excluding carboxylic acids is 1. The number of fused-ring (bicyclic) bond motifs is 2. The zero-order valence-electron chi connectivity index (χ0n) is 17.7. The summed E-state index contributed by atoms with van der Waals surface area (Å²) in [5.41, 5.74) is 2.24. The molecule has 0 aromatic heterocycles. The number of nitrogens with zero attached hydrogens (tertiary/aromatic N) is 1. The van der Waals surface area contributed by atoms with Crippen molar-refractivity contribution in [3.8, 4) is 0 Å². The number of carbonyl (C=O) groups is 1. The van der Waals surface area contributed by atoms with Crippen molar-refractivity contribution in [2.75, 3.05) is 14.1 Å². The highest BCUT2D eigenvalue weighted by molar-refractivity contribution is 5.80. The molecule has 0 unspecified atom stereocenters. The van der Waals surface area contributed by atoms with Crippen molar-refractivity contribution in [1.82, 2.24) is 4.90 Å². The van der Waals surface area contributed by atoms with E-state index in [4.69, 9.17) is 0 Å². The van der Waals surface area contributed by atoms with Crippen molar-refractivity contribution < 1.29 is 4.79 Å². The van der Waals surface area contributed by atoms with Crippen LogP contribution in [0, 0.1) is 39.4 Å². The number of rotatable bonds is 2. The zero-order chi connectivity index (χ0) is 18.5. The van der Waals surface area contributed by atoms with E-state index < -0.39 is 0 Å². The van der Waals surface area contributed by atoms with Gasteiger partial charge in [0.15, 0.2) is 0 Å². The Bertz CT molecular complexity index is 642. The van der Waals surface area contributed by atoms with Gasteiger partial charge in [-0.2, -0.15) is 0 Å². The number of ketones is 1. The van der Waals surface area contributed by atoms with Crippen LogP contribution in [0.2, 0.25) is 0 Å². The second-order valence-corrected chi connectivity index (χ2v) is 11.7. The maximum absolute atomic E-state index is 12.1. The zero-order valence-corrected chi connectivity index (χ0v) is 17.7. The molecule has 0 N–H and O–H groups in total. The molecule has 0 radical (unpaired) electrons. The van der Waals surface area contributed by atoms with Crippen molar-refractivity contribution in [1.29, 1.82) is 0 Å². The van der Waals surface area contributed by atoms with E-state index in [-0.39, 0.29) is 0 Å². The van der Waals surface area contributed by atoms with Crippen LogP contribution in [0.1, 0.15) is 85.0 Å². The van der Waals surface area contributed by atoms with Crippen LogP contribution in [0.5, 0.6) is 0 Å². The molecule has 5 aliphatic rings. The highest BCUT2D eigenvalue weighted by Gasteiger charge is 2.80. The van der Waals surface area contributed by atoms with E-state index in [1.54, 1.807) is 0 Å². The van der Waals surface area contributed by atoms with E-state index in [0.717, 1.165) is 30.6 Å². The minimum atomic E-state index is 0.508. The standard InChI is InChI=1S/C24H39NO/c1-16(25(4)5)19-9-10-22(3)20-7-6-17-14-18(26)8-11-23(17)15-24(20,23)13-12-21(19,22)2/h16-17,19-20H,6-15H2,1-5H3/t16-,17-,19-,20+,21-,22+,23-,24+/m1/s1. The molecule has 2 heteroatoms. The van der Waals surface area contributed by atoms with Gasteiger partial charge in [-0.3, -0.25) is 4.79 Å². The lowest BCUT2D eigenvalue weighted by molar-refractivity contribution is -0.139. The molecule has 5 aliphatic carbocycles. The molecule has 0 heterocycles. The lowest BCUT2D eigenvalue weighted by Crippen LogP contribution is -2.56. The molecule has 26 heavy (non-hydrogen) atoms. The second-order valence-electron chi connectivity index (χ2n) is 11.7. The maximum atomic E-state index is 12.1. The Morgan fingerprint density at radius 2 is 1.73 bits per heavy atom. The minimum absolute atomic E-state index is 0.508. The van der Waals surface area contributed by atoms with E-state index in [1.807, 2.05) is 0 Å². The van der Waals surface area contributed by atoms with Crippen LogP contribution >= 0.6 is 0 Å². The van der Waals surface area contributed by atoms with Crippen molar-refractivity contribution in [2.45, 2.75) is 91.0 Å². The van der Waals surface area contributed by atoms with Gasteiger partial charge in [0.25, 0.3) is 0 Å². The van der Waals surface area contributed by atoms with E-state index >= 15 is 0 Å². The second kappa shape index (κ2) is 5.16. The van der Waals surface area contributed by atoms with Crippen LogP contribution in [-0.2, 0) is 4.79 Å². The van der Waals surface area contributed by atoms with Gasteiger partial charge in [-0.25, -0.2) is 0 Å². The third kappa shape index (κ3) is 1.82. The summed E-state index contributed by atoms with van der Waals surface area (Å²) >= 11 is 0. The first kappa shape index (κ1) is 17.7. The van der Waals surface area contributed by atoms with Crippen LogP contribution in [0.15, 0.2) is 0 Å². The molecular weight excluding hydrogens is 318 g/mol. The monoisotopic (exact) mass is 357 g/mol. The molecule has 8 atom stereocenters. The van der Waals surface area contributed by atoms with Crippen molar-refractivity contribution >= 4 is 5.78 Å². The molecule has 0 saturated heterocycles. The first-order valence-corrected chi connectivity index (χ1v) is 11.4. The SMILES string of the molecule is C[C@H]([C@H]1CC[C@@]2(C)[C@@H]3CC[C@@H]4CC(=O)CC[C@@]45C[C@@]35CC[C@]12C)N(C)C. The van der Waals surface area contributed by atoms with Gasteiger partial charge in [0.05, 0.1) is 0 Å². The molecule has 146 valence electrons. The molecule has 2 spiro atoms. The number of hydrogen-bond donors (Lipinski definition) is 0. The maximum Gasteiger partial charge on any atom is 0.133 e. The van der Waals surface area contributed by atoms with Crippen molar-refractivity contribution in [3.05, 3.63) is 0 Å². The Kier molecular flexibility index (Phi) is 3.51. The molecule has 0 aromatic carbocycles. The largest absolute Gasteiger partial charge is 0.306 e. The Morgan fingerprint density at radius 1 is 0.962 bits per heavy atom. The lowest BCUT2D eigenvalue weighted by Gasteiger charge is -2.61. The molecule has 0 aromatic rings. The van der Waals surface area contributed by atoms with Crippen LogP contribution in [0.3, 0.4) is 0 Å². The molecular formula is C24H39NO. The minimum Gasteiger partial charge on any atom is -0.306 e. The summed E-state index contributed by atoms with van der Waals surface area (Å²) in [6, 6.07) is 0.688. The first-order chi connectivity index (χ1) is 12.2. The summed E-state index contributed by atoms with van der Waals surface area (Å²) in [6.07, 6.45) is 13.0. The van der Waals surface area contributed by atoms with Gasteiger partial charge in [0.1, 0.15) is 5.78 Å². The molecule has 2 nitrogen and oxygen atoms in total. The predicted octanol–water partition coefficient (Wildman–Crippen LogP) is 5.31. The smallest absolute Gasteiger partial charge is 0.133 e. The summed E-state index contributed by atoms with van der Waals surface area (Å²) in [5, 5.41) is 0. The molecule has 0 amide bonds. The third-order valence-corrected chi connectivity index (χ3v) is 11.4. The number of hydrogen-bond acceptors (Lipinski definition) is 2. The fourth-order valence-corrected chi connectivity index (χ4v) is 9.62. The van der Waals surface area contributed by atoms with Gasteiger partial charge in [-0.15, -0.1) is 0 Å². The van der Waals surface area contributed by atoms with Gasteiger partial charge in [-0.05, 0) is 112 Å². The Hall–Kier alpha value is -0.370.